The molecule has 30 heavy (non-hydrogen) atoms. The Morgan fingerprint density at radius 1 is 0.700 bits per heavy atom. The van der Waals surface area contributed by atoms with E-state index in [2.05, 4.69) is 20.6 Å². The first-order valence-corrected chi connectivity index (χ1v) is 10.6. The number of hydrogen-bond acceptors (Lipinski definition) is 6. The highest BCUT2D eigenvalue weighted by molar-refractivity contribution is 5.84. The summed E-state index contributed by atoms with van der Waals surface area (Å²) < 4.78 is 0. The van der Waals surface area contributed by atoms with Gasteiger partial charge in [0.15, 0.2) is 0 Å². The zero-order chi connectivity index (χ0) is 21.6. The van der Waals surface area contributed by atoms with Crippen molar-refractivity contribution >= 4 is 12.4 Å². The van der Waals surface area contributed by atoms with Crippen LogP contribution in [0.15, 0.2) is 46.4 Å². The van der Waals surface area contributed by atoms with Gasteiger partial charge in [-0.1, -0.05) is 23.3 Å². The quantitative estimate of drug-likeness (QED) is 0.302. The van der Waals surface area contributed by atoms with Crippen LogP contribution >= 0.6 is 0 Å². The van der Waals surface area contributed by atoms with Gasteiger partial charge in [0.2, 0.25) is 0 Å². The van der Waals surface area contributed by atoms with Crippen LogP contribution in [0.5, 0.6) is 11.5 Å². The molecule has 2 rings (SSSR count). The van der Waals surface area contributed by atoms with E-state index in [0.717, 1.165) is 74.4 Å². The van der Waals surface area contributed by atoms with Crippen LogP contribution < -0.4 is 10.6 Å². The minimum atomic E-state index is 0.271. The number of nitrogens with one attached hydrogen (secondary N) is 2. The number of hydrogen-bond donors (Lipinski definition) is 4. The molecule has 0 unspecified atom stereocenters. The van der Waals surface area contributed by atoms with Gasteiger partial charge in [-0.2, -0.15) is 0 Å². The molecule has 2 aromatic carbocycles. The lowest BCUT2D eigenvalue weighted by Crippen LogP contribution is -2.29. The van der Waals surface area contributed by atoms with Gasteiger partial charge in [-0.25, -0.2) is 0 Å². The second kappa shape index (κ2) is 13.5. The molecule has 0 aliphatic heterocycles. The van der Waals surface area contributed by atoms with Gasteiger partial charge in [0.25, 0.3) is 0 Å². The molecule has 2 aromatic rings. The predicted molar refractivity (Wildman–Crippen MR) is 126 cm³/mol. The lowest BCUT2D eigenvalue weighted by Gasteiger charge is -2.05. The first-order chi connectivity index (χ1) is 14.6. The second-order valence-corrected chi connectivity index (χ2v) is 7.40. The molecule has 6 nitrogen and oxygen atoms in total. The van der Waals surface area contributed by atoms with E-state index >= 15 is 0 Å². The van der Waals surface area contributed by atoms with Gasteiger partial charge in [0.1, 0.15) is 11.5 Å². The zero-order valence-electron chi connectivity index (χ0n) is 18.1. The third-order valence-electron chi connectivity index (χ3n) is 4.59. The van der Waals surface area contributed by atoms with Crippen LogP contribution in [0.25, 0.3) is 0 Å². The molecule has 0 aliphatic rings. The maximum Gasteiger partial charge on any atom is 0.124 e. The van der Waals surface area contributed by atoms with Crippen molar-refractivity contribution in [3.8, 4) is 11.5 Å². The van der Waals surface area contributed by atoms with E-state index < -0.39 is 0 Å². The Hall–Kier alpha value is -2.70. The molecule has 0 aliphatic carbocycles. The van der Waals surface area contributed by atoms with Crippen molar-refractivity contribution in [1.29, 1.82) is 0 Å². The van der Waals surface area contributed by atoms with Crippen molar-refractivity contribution in [2.45, 2.75) is 26.7 Å². The Bertz CT molecular complexity index is 764. The van der Waals surface area contributed by atoms with Gasteiger partial charge in [0.05, 0.1) is 0 Å². The topological polar surface area (TPSA) is 89.2 Å². The van der Waals surface area contributed by atoms with Crippen molar-refractivity contribution < 1.29 is 10.2 Å². The van der Waals surface area contributed by atoms with E-state index in [1.165, 1.54) is 0 Å². The maximum absolute atomic E-state index is 9.77. The Morgan fingerprint density at radius 2 is 1.13 bits per heavy atom. The van der Waals surface area contributed by atoms with Gasteiger partial charge in [-0.3, -0.25) is 9.98 Å². The summed E-state index contributed by atoms with van der Waals surface area (Å²) in [5, 5.41) is 26.3. The van der Waals surface area contributed by atoms with Crippen LogP contribution in [-0.2, 0) is 0 Å². The number of rotatable bonds is 13. The minimum Gasteiger partial charge on any atom is -0.507 e. The van der Waals surface area contributed by atoms with Crippen LogP contribution in [0, 0.1) is 13.8 Å². The van der Waals surface area contributed by atoms with Gasteiger partial charge in [-0.15, -0.1) is 0 Å². The molecule has 0 radical (unpaired) electrons. The average molecular weight is 411 g/mol. The first kappa shape index (κ1) is 23.6. The Balaban J connectivity index is 1.44. The molecule has 162 valence electrons. The summed E-state index contributed by atoms with van der Waals surface area (Å²) in [4.78, 5) is 8.76. The molecular weight excluding hydrogens is 376 g/mol. The summed E-state index contributed by atoms with van der Waals surface area (Å²) in [7, 11) is 0. The lowest BCUT2D eigenvalue weighted by atomic mass is 10.1. The van der Waals surface area contributed by atoms with Crippen LogP contribution in [0.4, 0.5) is 0 Å². The molecular formula is C24H34N4O2. The summed E-state index contributed by atoms with van der Waals surface area (Å²) in [6.45, 7) is 9.15. The molecule has 0 saturated heterocycles. The number of phenolic OH excluding ortho intramolecular Hbond substituents is 2. The van der Waals surface area contributed by atoms with E-state index in [9.17, 15) is 10.2 Å². The standard InChI is InChI=1S/C24H34N4O2/c1-19-5-7-23(29)21(15-19)17-27-11-3-9-25-13-14-26-10-4-12-28-18-22-16-20(2)6-8-24(22)30/h5-8,15-18,25-26,29-30H,3-4,9-14H2,1-2H3. The van der Waals surface area contributed by atoms with Gasteiger partial charge >= 0.3 is 0 Å². The largest absolute Gasteiger partial charge is 0.507 e. The van der Waals surface area contributed by atoms with Gasteiger partial charge in [-0.05, 0) is 64.0 Å². The molecule has 6 heteroatoms. The molecule has 0 aromatic heterocycles. The summed E-state index contributed by atoms with van der Waals surface area (Å²) in [6, 6.07) is 11.0. The molecule has 0 amide bonds. The van der Waals surface area contributed by atoms with Crippen LogP contribution in [0.3, 0.4) is 0 Å². The first-order valence-electron chi connectivity index (χ1n) is 10.6. The third kappa shape index (κ3) is 9.20. The molecule has 0 fully saturated rings. The molecule has 4 N–H and O–H groups in total. The molecule has 0 saturated carbocycles. The van der Waals surface area contributed by atoms with Crippen LogP contribution in [0.2, 0.25) is 0 Å². The highest BCUT2D eigenvalue weighted by Crippen LogP contribution is 2.16. The van der Waals surface area contributed by atoms with Crippen molar-refractivity contribution in [3.63, 3.8) is 0 Å². The fourth-order valence-electron chi connectivity index (χ4n) is 2.90. The van der Waals surface area contributed by atoms with Crippen molar-refractivity contribution in [3.05, 3.63) is 58.7 Å². The fourth-order valence-corrected chi connectivity index (χ4v) is 2.90. The number of benzene rings is 2. The highest BCUT2D eigenvalue weighted by atomic mass is 16.3. The average Bonchev–Trinajstić information content (AvgIpc) is 2.73. The Kier molecular flexibility index (Phi) is 10.6. The smallest absolute Gasteiger partial charge is 0.124 e. The van der Waals surface area contributed by atoms with Crippen LogP contribution in [-0.4, -0.2) is 61.9 Å². The van der Waals surface area contributed by atoms with E-state index in [0.29, 0.717) is 0 Å². The Morgan fingerprint density at radius 3 is 1.57 bits per heavy atom. The predicted octanol–water partition coefficient (Wildman–Crippen LogP) is 3.21. The lowest BCUT2D eigenvalue weighted by molar-refractivity contribution is 0.473. The summed E-state index contributed by atoms with van der Waals surface area (Å²) in [5.41, 5.74) is 3.76. The fraction of sp³-hybridized carbons (Fsp3) is 0.417. The zero-order valence-corrected chi connectivity index (χ0v) is 18.1. The van der Waals surface area contributed by atoms with Gasteiger partial charge < -0.3 is 20.8 Å². The van der Waals surface area contributed by atoms with Crippen LogP contribution in [0.1, 0.15) is 35.1 Å². The molecule has 0 heterocycles. The van der Waals surface area contributed by atoms with Crippen molar-refractivity contribution in [2.75, 3.05) is 39.3 Å². The van der Waals surface area contributed by atoms with E-state index in [4.69, 9.17) is 0 Å². The van der Waals surface area contributed by atoms with Crippen molar-refractivity contribution in [2.24, 2.45) is 9.98 Å². The van der Waals surface area contributed by atoms with Gasteiger partial charge in [0, 0.05) is 49.7 Å². The molecule has 0 atom stereocenters. The highest BCUT2D eigenvalue weighted by Gasteiger charge is 1.98. The molecule has 0 spiro atoms. The van der Waals surface area contributed by atoms with E-state index in [1.807, 2.05) is 38.1 Å². The number of aromatic hydroxyl groups is 2. The Labute approximate surface area is 179 Å². The SMILES string of the molecule is Cc1ccc(O)c(C=NCCCNCCNCCCN=Cc2cc(C)ccc2O)c1. The van der Waals surface area contributed by atoms with E-state index in [1.54, 1.807) is 24.6 Å². The number of aliphatic imine (C=N–C) groups is 2. The van der Waals surface area contributed by atoms with E-state index in [-0.39, 0.29) is 11.5 Å². The summed E-state index contributed by atoms with van der Waals surface area (Å²) in [5.74, 6) is 0.542. The monoisotopic (exact) mass is 410 g/mol. The third-order valence-corrected chi connectivity index (χ3v) is 4.59. The normalized spacial score (nSPS) is 11.7. The minimum absolute atomic E-state index is 0.271. The number of aryl methyl sites for hydroxylation is 2. The maximum atomic E-state index is 9.77. The second-order valence-electron chi connectivity index (χ2n) is 7.40. The summed E-state index contributed by atoms with van der Waals surface area (Å²) >= 11 is 0. The number of phenols is 2. The number of nitrogens with zero attached hydrogens (tertiary/aromatic N) is 2. The van der Waals surface area contributed by atoms with Crippen molar-refractivity contribution in [1.82, 2.24) is 10.6 Å². The molecule has 0 bridgehead atoms. The summed E-state index contributed by atoms with van der Waals surface area (Å²) in [6.07, 6.45) is 5.41.